The van der Waals surface area contributed by atoms with Gasteiger partial charge in [-0.15, -0.1) is 0 Å². The number of rotatable bonds is 4. The molecule has 5 nitrogen and oxygen atoms in total. The molecule has 1 N–H and O–H groups in total. The van der Waals surface area contributed by atoms with Crippen LogP contribution in [0.15, 0.2) is 24.3 Å². The lowest BCUT2D eigenvalue weighted by Crippen LogP contribution is -2.45. The van der Waals surface area contributed by atoms with E-state index in [0.717, 1.165) is 25.1 Å². The standard InChI is InChI=1S/C19H28N2O3/c1-19(2,3)24-18(22)20-16-11-14-7-10-17(16)21(14)12-13-5-8-15(23-4)9-6-13/h5-6,8-9,14,16-17H,7,10-12H2,1-4H3,(H,20,22)/t14-,16+,17+/m0/s1. The molecule has 24 heavy (non-hydrogen) atoms. The topological polar surface area (TPSA) is 50.8 Å². The third-order valence-corrected chi connectivity index (χ3v) is 4.91. The smallest absolute Gasteiger partial charge is 0.407 e. The molecule has 3 rings (SSSR count). The molecule has 132 valence electrons. The van der Waals surface area contributed by atoms with Gasteiger partial charge in [-0.25, -0.2) is 4.79 Å². The Morgan fingerprint density at radius 3 is 2.58 bits per heavy atom. The molecule has 2 fully saturated rings. The van der Waals surface area contributed by atoms with Crippen LogP contribution in [0.4, 0.5) is 4.79 Å². The van der Waals surface area contributed by atoms with Gasteiger partial charge in [0.15, 0.2) is 0 Å². The van der Waals surface area contributed by atoms with Gasteiger partial charge < -0.3 is 14.8 Å². The Kier molecular flexibility index (Phi) is 4.72. The molecule has 2 heterocycles. The number of benzene rings is 1. The summed E-state index contributed by atoms with van der Waals surface area (Å²) >= 11 is 0. The Balaban J connectivity index is 1.59. The number of hydrogen-bond acceptors (Lipinski definition) is 4. The van der Waals surface area contributed by atoms with Crippen molar-refractivity contribution in [3.05, 3.63) is 29.8 Å². The second-order valence-electron chi connectivity index (χ2n) is 7.81. The molecule has 0 unspecified atom stereocenters. The molecule has 0 spiro atoms. The zero-order valence-electron chi connectivity index (χ0n) is 15.0. The normalized spacial score (nSPS) is 26.4. The second-order valence-corrected chi connectivity index (χ2v) is 7.81. The minimum absolute atomic E-state index is 0.192. The van der Waals surface area contributed by atoms with Gasteiger partial charge in [0.2, 0.25) is 0 Å². The lowest BCUT2D eigenvalue weighted by atomic mass is 9.96. The molecule has 1 aromatic rings. The van der Waals surface area contributed by atoms with Crippen LogP contribution in [0.25, 0.3) is 0 Å². The fraction of sp³-hybridized carbons (Fsp3) is 0.632. The zero-order chi connectivity index (χ0) is 17.3. The van der Waals surface area contributed by atoms with Gasteiger partial charge in [0.05, 0.1) is 7.11 Å². The maximum Gasteiger partial charge on any atom is 0.407 e. The highest BCUT2D eigenvalue weighted by atomic mass is 16.6. The van der Waals surface area contributed by atoms with Gasteiger partial charge >= 0.3 is 6.09 Å². The largest absolute Gasteiger partial charge is 0.497 e. The summed E-state index contributed by atoms with van der Waals surface area (Å²) in [4.78, 5) is 14.6. The fourth-order valence-corrected chi connectivity index (χ4v) is 3.90. The first-order valence-electron chi connectivity index (χ1n) is 8.74. The van der Waals surface area contributed by atoms with Crippen molar-refractivity contribution < 1.29 is 14.3 Å². The van der Waals surface area contributed by atoms with Crippen LogP contribution >= 0.6 is 0 Å². The molecule has 2 saturated heterocycles. The summed E-state index contributed by atoms with van der Waals surface area (Å²) < 4.78 is 10.6. The Labute approximate surface area is 144 Å². The van der Waals surface area contributed by atoms with Crippen LogP contribution in [-0.2, 0) is 11.3 Å². The number of amides is 1. The summed E-state index contributed by atoms with van der Waals surface area (Å²) in [6.45, 7) is 6.60. The third-order valence-electron chi connectivity index (χ3n) is 4.91. The van der Waals surface area contributed by atoms with Crippen LogP contribution in [0.2, 0.25) is 0 Å². The average molecular weight is 332 g/mol. The van der Waals surface area contributed by atoms with Crippen molar-refractivity contribution in [2.75, 3.05) is 7.11 Å². The first-order chi connectivity index (χ1) is 11.4. The molecule has 0 aliphatic carbocycles. The molecule has 5 heteroatoms. The molecule has 1 amide bonds. The van der Waals surface area contributed by atoms with Crippen molar-refractivity contribution in [2.45, 2.75) is 70.3 Å². The quantitative estimate of drug-likeness (QED) is 0.919. The zero-order valence-corrected chi connectivity index (χ0v) is 15.0. The minimum Gasteiger partial charge on any atom is -0.497 e. The van der Waals surface area contributed by atoms with Gasteiger partial charge in [-0.05, 0) is 57.7 Å². The Morgan fingerprint density at radius 1 is 1.25 bits per heavy atom. The van der Waals surface area contributed by atoms with Crippen molar-refractivity contribution in [3.8, 4) is 5.75 Å². The summed E-state index contributed by atoms with van der Waals surface area (Å²) in [7, 11) is 1.68. The maximum absolute atomic E-state index is 12.1. The summed E-state index contributed by atoms with van der Waals surface area (Å²) in [5.41, 5.74) is 0.829. The Bertz CT molecular complexity index is 579. The number of carbonyl (C=O) groups excluding carboxylic acids is 1. The van der Waals surface area contributed by atoms with Gasteiger partial charge in [0.1, 0.15) is 11.4 Å². The highest BCUT2D eigenvalue weighted by Crippen LogP contribution is 2.39. The molecular formula is C19H28N2O3. The minimum atomic E-state index is -0.454. The molecule has 0 radical (unpaired) electrons. The third kappa shape index (κ3) is 3.83. The van der Waals surface area contributed by atoms with E-state index in [9.17, 15) is 4.79 Å². The van der Waals surface area contributed by atoms with Crippen LogP contribution in [0, 0.1) is 0 Å². The van der Waals surface area contributed by atoms with Crippen LogP contribution in [0.5, 0.6) is 5.75 Å². The van der Waals surface area contributed by atoms with Gasteiger partial charge in [-0.2, -0.15) is 0 Å². The molecule has 2 aliphatic rings. The van der Waals surface area contributed by atoms with Crippen LogP contribution in [0.1, 0.15) is 45.6 Å². The number of fused-ring (bicyclic) bond motifs is 2. The Hall–Kier alpha value is -1.75. The molecule has 0 saturated carbocycles. The Morgan fingerprint density at radius 2 is 1.96 bits per heavy atom. The van der Waals surface area contributed by atoms with Crippen LogP contribution in [0.3, 0.4) is 0 Å². The van der Waals surface area contributed by atoms with Gasteiger partial charge in [0.25, 0.3) is 0 Å². The number of ether oxygens (including phenoxy) is 2. The van der Waals surface area contributed by atoms with Gasteiger partial charge in [0, 0.05) is 24.7 Å². The number of carbonyl (C=O) groups is 1. The van der Waals surface area contributed by atoms with E-state index >= 15 is 0 Å². The summed E-state index contributed by atoms with van der Waals surface area (Å²) in [6, 6.07) is 9.39. The average Bonchev–Trinajstić information content (AvgIpc) is 3.02. The predicted molar refractivity (Wildman–Crippen MR) is 93.1 cm³/mol. The summed E-state index contributed by atoms with van der Waals surface area (Å²) in [5.74, 6) is 0.882. The van der Waals surface area contributed by atoms with Crippen molar-refractivity contribution >= 4 is 6.09 Å². The summed E-state index contributed by atoms with van der Waals surface area (Å²) in [6.07, 6.45) is 3.07. The van der Waals surface area contributed by atoms with Crippen molar-refractivity contribution in [1.82, 2.24) is 10.2 Å². The lowest BCUT2D eigenvalue weighted by Gasteiger charge is -2.27. The van der Waals surface area contributed by atoms with E-state index in [0.29, 0.717) is 12.1 Å². The highest BCUT2D eigenvalue weighted by Gasteiger charge is 2.46. The number of hydrogen-bond donors (Lipinski definition) is 1. The van der Waals surface area contributed by atoms with Crippen molar-refractivity contribution in [2.24, 2.45) is 0 Å². The van der Waals surface area contributed by atoms with Crippen molar-refractivity contribution in [3.63, 3.8) is 0 Å². The fourth-order valence-electron chi connectivity index (χ4n) is 3.90. The van der Waals surface area contributed by atoms with Crippen LogP contribution < -0.4 is 10.1 Å². The monoisotopic (exact) mass is 332 g/mol. The number of methoxy groups -OCH3 is 1. The van der Waals surface area contributed by atoms with Crippen LogP contribution in [-0.4, -0.2) is 41.8 Å². The predicted octanol–water partition coefficient (Wildman–Crippen LogP) is 3.33. The van der Waals surface area contributed by atoms with E-state index in [1.807, 2.05) is 32.9 Å². The molecule has 3 atom stereocenters. The highest BCUT2D eigenvalue weighted by molar-refractivity contribution is 5.68. The number of alkyl carbamates (subject to hydrolysis) is 1. The summed E-state index contributed by atoms with van der Waals surface area (Å²) in [5, 5.41) is 3.08. The second kappa shape index (κ2) is 6.63. The van der Waals surface area contributed by atoms with Gasteiger partial charge in [-0.1, -0.05) is 12.1 Å². The SMILES string of the molecule is COc1ccc(CN2[C@H]3CC[C@@H]2[C@H](NC(=O)OC(C)(C)C)C3)cc1. The van der Waals surface area contributed by atoms with E-state index < -0.39 is 5.60 Å². The molecule has 2 aliphatic heterocycles. The lowest BCUT2D eigenvalue weighted by molar-refractivity contribution is 0.0491. The first-order valence-corrected chi connectivity index (χ1v) is 8.74. The molecular weight excluding hydrogens is 304 g/mol. The molecule has 0 aromatic heterocycles. The number of nitrogens with zero attached hydrogens (tertiary/aromatic N) is 1. The van der Waals surface area contributed by atoms with E-state index in [-0.39, 0.29) is 12.1 Å². The van der Waals surface area contributed by atoms with Gasteiger partial charge in [-0.3, -0.25) is 4.90 Å². The number of nitrogens with one attached hydrogen (secondary N) is 1. The maximum atomic E-state index is 12.1. The van der Waals surface area contributed by atoms with E-state index in [2.05, 4.69) is 22.3 Å². The van der Waals surface area contributed by atoms with E-state index in [1.165, 1.54) is 12.0 Å². The molecule has 2 bridgehead atoms. The van der Waals surface area contributed by atoms with E-state index in [1.54, 1.807) is 7.11 Å². The molecule has 1 aromatic carbocycles. The van der Waals surface area contributed by atoms with E-state index in [4.69, 9.17) is 9.47 Å². The van der Waals surface area contributed by atoms with Crippen molar-refractivity contribution in [1.29, 1.82) is 0 Å². The first kappa shape index (κ1) is 17.1.